The molecule has 2 atom stereocenters. The number of methoxy groups -OCH3 is 1. The lowest BCUT2D eigenvalue weighted by Crippen LogP contribution is -2.69. The van der Waals surface area contributed by atoms with Gasteiger partial charge in [-0.3, -0.25) is 4.99 Å². The van der Waals surface area contributed by atoms with Crippen LogP contribution in [0, 0.1) is 5.41 Å². The zero-order valence-corrected chi connectivity index (χ0v) is 15.8. The van der Waals surface area contributed by atoms with Crippen molar-refractivity contribution in [1.29, 1.82) is 0 Å². The topological polar surface area (TPSA) is 64.1 Å². The van der Waals surface area contributed by atoms with Crippen LogP contribution in [0.5, 0.6) is 11.5 Å². The van der Waals surface area contributed by atoms with Gasteiger partial charge in [0.05, 0.1) is 18.8 Å². The van der Waals surface area contributed by atoms with Crippen LogP contribution in [-0.4, -0.2) is 45.0 Å². The highest BCUT2D eigenvalue weighted by Gasteiger charge is 2.58. The van der Waals surface area contributed by atoms with Crippen molar-refractivity contribution in [2.45, 2.75) is 45.3 Å². The van der Waals surface area contributed by atoms with Crippen molar-refractivity contribution in [2.75, 3.05) is 32.7 Å². The third-order valence-electron chi connectivity index (χ3n) is 5.82. The standard InChI is InChI=1S/C19H29N3O3/c1-18(2)16(12-19(18,3)23-5)22-17(20-4)21-13-7-8-14-15(11-13)25-10-6-9-24-14/h7-8,11,16H,6,9-10,12H2,1-5H3,(H2,20,21,22). The Hall–Kier alpha value is -1.95. The minimum absolute atomic E-state index is 0.0179. The van der Waals surface area contributed by atoms with Gasteiger partial charge in [0, 0.05) is 43.8 Å². The van der Waals surface area contributed by atoms with E-state index in [1.165, 1.54) is 0 Å². The Balaban J connectivity index is 1.67. The Kier molecular flexibility index (Phi) is 4.82. The lowest BCUT2D eigenvalue weighted by Gasteiger charge is -2.59. The molecule has 1 aromatic rings. The van der Waals surface area contributed by atoms with Crippen molar-refractivity contribution in [1.82, 2.24) is 5.32 Å². The van der Waals surface area contributed by atoms with E-state index in [2.05, 4.69) is 36.4 Å². The van der Waals surface area contributed by atoms with Crippen LogP contribution in [0.25, 0.3) is 0 Å². The molecule has 6 nitrogen and oxygen atoms in total. The Bertz CT molecular complexity index is 659. The predicted molar refractivity (Wildman–Crippen MR) is 99.8 cm³/mol. The summed E-state index contributed by atoms with van der Waals surface area (Å²) in [6.07, 6.45) is 1.84. The summed E-state index contributed by atoms with van der Waals surface area (Å²) in [5.41, 5.74) is 0.826. The van der Waals surface area contributed by atoms with E-state index in [4.69, 9.17) is 14.2 Å². The first-order valence-electron chi connectivity index (χ1n) is 8.85. The summed E-state index contributed by atoms with van der Waals surface area (Å²) in [5.74, 6) is 2.31. The first-order valence-corrected chi connectivity index (χ1v) is 8.85. The van der Waals surface area contributed by atoms with Gasteiger partial charge in [-0.05, 0) is 25.5 Å². The lowest BCUT2D eigenvalue weighted by atomic mass is 9.56. The fourth-order valence-electron chi connectivity index (χ4n) is 3.42. The molecule has 3 rings (SSSR count). The molecule has 2 aliphatic rings. The first kappa shape index (κ1) is 17.9. The summed E-state index contributed by atoms with van der Waals surface area (Å²) in [4.78, 5) is 4.36. The average Bonchev–Trinajstić information content (AvgIpc) is 2.85. The molecule has 1 aromatic carbocycles. The SMILES string of the molecule is CN=C(Nc1ccc2c(c1)OCCCO2)NC1CC(C)(OC)C1(C)C. The Morgan fingerprint density at radius 3 is 2.56 bits per heavy atom. The number of aliphatic imine (C=N–C) groups is 1. The predicted octanol–water partition coefficient (Wildman–Crippen LogP) is 3.04. The van der Waals surface area contributed by atoms with E-state index in [1.807, 2.05) is 18.2 Å². The summed E-state index contributed by atoms with van der Waals surface area (Å²) < 4.78 is 17.1. The molecule has 1 fully saturated rings. The Morgan fingerprint density at radius 1 is 1.20 bits per heavy atom. The van der Waals surface area contributed by atoms with Crippen LogP contribution in [0.4, 0.5) is 5.69 Å². The molecule has 25 heavy (non-hydrogen) atoms. The Labute approximate surface area is 149 Å². The van der Waals surface area contributed by atoms with Crippen LogP contribution in [0.1, 0.15) is 33.6 Å². The fourth-order valence-corrected chi connectivity index (χ4v) is 3.42. The lowest BCUT2D eigenvalue weighted by molar-refractivity contribution is -0.176. The number of guanidine groups is 1. The summed E-state index contributed by atoms with van der Waals surface area (Å²) in [5, 5.41) is 6.85. The van der Waals surface area contributed by atoms with Crippen LogP contribution >= 0.6 is 0 Å². The second-order valence-electron chi connectivity index (χ2n) is 7.47. The number of rotatable bonds is 3. The van der Waals surface area contributed by atoms with Crippen LogP contribution in [-0.2, 0) is 4.74 Å². The van der Waals surface area contributed by atoms with Crippen molar-refractivity contribution in [3.8, 4) is 11.5 Å². The van der Waals surface area contributed by atoms with Crippen molar-refractivity contribution >= 4 is 11.6 Å². The highest BCUT2D eigenvalue weighted by Crippen LogP contribution is 2.51. The van der Waals surface area contributed by atoms with E-state index in [1.54, 1.807) is 14.2 Å². The molecule has 2 N–H and O–H groups in total. The van der Waals surface area contributed by atoms with Gasteiger partial charge in [-0.15, -0.1) is 0 Å². The molecule has 6 heteroatoms. The second kappa shape index (κ2) is 6.75. The van der Waals surface area contributed by atoms with Gasteiger partial charge >= 0.3 is 0 Å². The van der Waals surface area contributed by atoms with E-state index in [9.17, 15) is 0 Å². The molecule has 0 bridgehead atoms. The summed E-state index contributed by atoms with van der Waals surface area (Å²) in [6.45, 7) is 7.97. The van der Waals surface area contributed by atoms with Crippen LogP contribution < -0.4 is 20.1 Å². The number of anilines is 1. The molecule has 1 heterocycles. The minimum Gasteiger partial charge on any atom is -0.490 e. The average molecular weight is 347 g/mol. The van der Waals surface area contributed by atoms with E-state index in [0.29, 0.717) is 19.3 Å². The molecular weight excluding hydrogens is 318 g/mol. The number of hydrogen-bond acceptors (Lipinski definition) is 4. The highest BCUT2D eigenvalue weighted by atomic mass is 16.5. The van der Waals surface area contributed by atoms with Crippen molar-refractivity contribution in [3.63, 3.8) is 0 Å². The van der Waals surface area contributed by atoms with Gasteiger partial charge in [-0.2, -0.15) is 0 Å². The van der Waals surface area contributed by atoms with Crippen LogP contribution in [0.3, 0.4) is 0 Å². The number of hydrogen-bond donors (Lipinski definition) is 2. The molecule has 0 radical (unpaired) electrons. The zero-order valence-electron chi connectivity index (χ0n) is 15.8. The van der Waals surface area contributed by atoms with Gasteiger partial charge in [0.25, 0.3) is 0 Å². The summed E-state index contributed by atoms with van der Waals surface area (Å²) in [7, 11) is 3.56. The fraction of sp³-hybridized carbons (Fsp3) is 0.632. The van der Waals surface area contributed by atoms with Crippen LogP contribution in [0.15, 0.2) is 23.2 Å². The van der Waals surface area contributed by atoms with Crippen molar-refractivity contribution in [3.05, 3.63) is 18.2 Å². The molecule has 138 valence electrons. The maximum atomic E-state index is 5.75. The van der Waals surface area contributed by atoms with Gasteiger partial charge < -0.3 is 24.8 Å². The van der Waals surface area contributed by atoms with E-state index < -0.39 is 0 Å². The van der Waals surface area contributed by atoms with Gasteiger partial charge in [0.15, 0.2) is 17.5 Å². The molecule has 1 saturated carbocycles. The summed E-state index contributed by atoms with van der Waals surface area (Å²) in [6, 6.07) is 6.17. The molecule has 0 aromatic heterocycles. The number of nitrogens with zero attached hydrogens (tertiary/aromatic N) is 1. The van der Waals surface area contributed by atoms with E-state index in [0.717, 1.165) is 36.0 Å². The quantitative estimate of drug-likeness (QED) is 0.650. The van der Waals surface area contributed by atoms with Crippen molar-refractivity contribution < 1.29 is 14.2 Å². The molecule has 1 aliphatic carbocycles. The minimum atomic E-state index is -0.112. The normalized spacial score (nSPS) is 27.9. The van der Waals surface area contributed by atoms with Crippen LogP contribution in [0.2, 0.25) is 0 Å². The maximum Gasteiger partial charge on any atom is 0.195 e. The van der Waals surface area contributed by atoms with Gasteiger partial charge in [0.1, 0.15) is 0 Å². The summed E-state index contributed by atoms with van der Waals surface area (Å²) >= 11 is 0. The van der Waals surface area contributed by atoms with E-state index in [-0.39, 0.29) is 11.0 Å². The Morgan fingerprint density at radius 2 is 1.92 bits per heavy atom. The molecule has 1 aliphatic heterocycles. The number of nitrogens with one attached hydrogen (secondary N) is 2. The number of fused-ring (bicyclic) bond motifs is 1. The van der Waals surface area contributed by atoms with Gasteiger partial charge in [-0.25, -0.2) is 0 Å². The third-order valence-corrected chi connectivity index (χ3v) is 5.82. The molecule has 0 spiro atoms. The van der Waals surface area contributed by atoms with E-state index >= 15 is 0 Å². The molecular formula is C19H29N3O3. The molecule has 0 saturated heterocycles. The highest BCUT2D eigenvalue weighted by molar-refractivity contribution is 5.94. The third kappa shape index (κ3) is 3.27. The first-order chi connectivity index (χ1) is 11.9. The number of ether oxygens (including phenoxy) is 3. The largest absolute Gasteiger partial charge is 0.490 e. The molecule has 2 unspecified atom stereocenters. The molecule has 0 amide bonds. The zero-order chi connectivity index (χ0) is 18.1. The van der Waals surface area contributed by atoms with Crippen molar-refractivity contribution in [2.24, 2.45) is 10.4 Å². The van der Waals surface area contributed by atoms with Gasteiger partial charge in [-0.1, -0.05) is 13.8 Å². The maximum absolute atomic E-state index is 5.75. The number of benzene rings is 1. The monoisotopic (exact) mass is 347 g/mol. The van der Waals surface area contributed by atoms with Gasteiger partial charge in [0.2, 0.25) is 0 Å². The second-order valence-corrected chi connectivity index (χ2v) is 7.47. The smallest absolute Gasteiger partial charge is 0.195 e.